The zero-order chi connectivity index (χ0) is 31.5. The number of ether oxygens (including phenoxy) is 2. The molecule has 2 amide bonds. The lowest BCUT2D eigenvalue weighted by Gasteiger charge is -2.43. The first-order valence-electron chi connectivity index (χ1n) is 15.6. The number of hydrogen-bond acceptors (Lipinski definition) is 6. The van der Waals surface area contributed by atoms with Gasteiger partial charge in [-0.15, -0.1) is 0 Å². The molecule has 0 unspecified atom stereocenters. The largest absolute Gasteiger partial charge is 0.392 e. The Labute approximate surface area is 261 Å². The molecule has 4 rings (SSSR count). The number of aliphatic hydroxyl groups is 1. The third-order valence-electron chi connectivity index (χ3n) is 8.43. The number of nitrogens with one attached hydrogen (secondary N) is 2. The molecule has 1 fully saturated rings. The fourth-order valence-corrected chi connectivity index (χ4v) is 5.59. The first-order valence-corrected chi connectivity index (χ1v) is 15.6. The van der Waals surface area contributed by atoms with Crippen molar-refractivity contribution in [1.82, 2.24) is 10.2 Å². The zero-order valence-corrected chi connectivity index (χ0v) is 26.4. The van der Waals surface area contributed by atoms with Crippen molar-refractivity contribution >= 4 is 17.5 Å². The molecule has 44 heavy (non-hydrogen) atoms. The molecule has 0 bridgehead atoms. The van der Waals surface area contributed by atoms with E-state index in [1.807, 2.05) is 54.6 Å². The number of nitrogens with zero attached hydrogens (tertiary/aromatic N) is 1. The van der Waals surface area contributed by atoms with Crippen molar-refractivity contribution in [2.45, 2.75) is 77.6 Å². The van der Waals surface area contributed by atoms with Crippen molar-refractivity contribution in [3.8, 4) is 0 Å². The number of unbranched alkanes of at least 4 members (excludes halogenated alkanes) is 2. The summed E-state index contributed by atoms with van der Waals surface area (Å²) in [6, 6.07) is 26.3. The second-order valence-corrected chi connectivity index (χ2v) is 11.8. The summed E-state index contributed by atoms with van der Waals surface area (Å²) in [5.41, 5.74) is 4.68. The minimum atomic E-state index is -0.621. The Bertz CT molecular complexity index is 1330. The molecule has 1 aliphatic rings. The normalized spacial score (nSPS) is 20.7. The van der Waals surface area contributed by atoms with Crippen LogP contribution in [0.4, 0.5) is 5.69 Å². The highest BCUT2D eigenvalue weighted by Gasteiger charge is 2.39. The highest BCUT2D eigenvalue weighted by molar-refractivity contribution is 5.90. The van der Waals surface area contributed by atoms with Crippen molar-refractivity contribution in [1.29, 1.82) is 0 Å². The van der Waals surface area contributed by atoms with Gasteiger partial charge in [-0.05, 0) is 55.6 Å². The van der Waals surface area contributed by atoms with Crippen LogP contribution >= 0.6 is 0 Å². The summed E-state index contributed by atoms with van der Waals surface area (Å²) in [6.45, 7) is 7.21. The molecular formula is C36H47N3O5. The minimum absolute atomic E-state index is 0.00647. The van der Waals surface area contributed by atoms with E-state index in [1.165, 1.54) is 12.5 Å². The molecule has 0 spiro atoms. The molecule has 236 valence electrons. The summed E-state index contributed by atoms with van der Waals surface area (Å²) in [4.78, 5) is 26.0. The number of aliphatic hydroxyl groups excluding tert-OH is 1. The Kier molecular flexibility index (Phi) is 12.5. The number of carbonyl (C=O) groups excluding carboxylic acids is 2. The molecule has 8 heteroatoms. The summed E-state index contributed by atoms with van der Waals surface area (Å²) in [6.07, 6.45) is 1.93. The Morgan fingerprint density at radius 2 is 1.68 bits per heavy atom. The Hall–Kier alpha value is -3.56. The van der Waals surface area contributed by atoms with E-state index in [4.69, 9.17) is 9.47 Å². The molecule has 5 atom stereocenters. The van der Waals surface area contributed by atoms with Gasteiger partial charge in [-0.3, -0.25) is 14.5 Å². The van der Waals surface area contributed by atoms with Gasteiger partial charge in [0, 0.05) is 49.6 Å². The molecule has 3 aromatic rings. The van der Waals surface area contributed by atoms with Crippen LogP contribution in [0.1, 0.15) is 87.1 Å². The second-order valence-electron chi connectivity index (χ2n) is 11.8. The van der Waals surface area contributed by atoms with Crippen LogP contribution in [0, 0.1) is 5.92 Å². The fourth-order valence-electron chi connectivity index (χ4n) is 5.59. The van der Waals surface area contributed by atoms with Crippen molar-refractivity contribution in [3.63, 3.8) is 0 Å². The van der Waals surface area contributed by atoms with Crippen LogP contribution in [-0.2, 0) is 25.7 Å². The summed E-state index contributed by atoms with van der Waals surface area (Å²) in [5, 5.41) is 15.4. The Balaban J connectivity index is 1.46. The second kappa shape index (κ2) is 16.5. The molecule has 3 N–H and O–H groups in total. The van der Waals surface area contributed by atoms with Crippen LogP contribution in [0.2, 0.25) is 0 Å². The topological polar surface area (TPSA) is 100 Å². The van der Waals surface area contributed by atoms with Gasteiger partial charge in [-0.25, -0.2) is 0 Å². The van der Waals surface area contributed by atoms with Gasteiger partial charge in [0.05, 0.1) is 18.8 Å². The van der Waals surface area contributed by atoms with Crippen molar-refractivity contribution in [3.05, 3.63) is 101 Å². The van der Waals surface area contributed by atoms with Gasteiger partial charge in [-0.1, -0.05) is 80.1 Å². The first-order chi connectivity index (χ1) is 21.2. The maximum atomic E-state index is 12.7. The molecular weight excluding hydrogens is 554 g/mol. The monoisotopic (exact) mass is 601 g/mol. The first kappa shape index (κ1) is 33.3. The van der Waals surface area contributed by atoms with Gasteiger partial charge in [0.25, 0.3) is 0 Å². The number of amides is 2. The van der Waals surface area contributed by atoms with Crippen molar-refractivity contribution in [2.75, 3.05) is 25.5 Å². The van der Waals surface area contributed by atoms with E-state index in [1.54, 1.807) is 0 Å². The molecule has 0 aliphatic carbocycles. The lowest BCUT2D eigenvalue weighted by molar-refractivity contribution is -0.276. The third kappa shape index (κ3) is 9.47. The van der Waals surface area contributed by atoms with E-state index in [9.17, 15) is 14.7 Å². The summed E-state index contributed by atoms with van der Waals surface area (Å²) >= 11 is 0. The predicted molar refractivity (Wildman–Crippen MR) is 173 cm³/mol. The number of anilines is 1. The zero-order valence-electron chi connectivity index (χ0n) is 26.4. The predicted octanol–water partition coefficient (Wildman–Crippen LogP) is 6.30. The number of hydrogen-bond donors (Lipinski definition) is 3. The standard InChI is InChI=1S/C36H47N3O5/c1-25-33(23-39(4)26(2)29-12-7-5-8-13-29)43-36(44-35(25)30-19-17-28(24-40)18-20-30)31-14-11-15-32(22-31)38-34(42)16-9-6-10-21-37-27(3)41/h5,7-8,11-15,17-20,22,25-26,33,35-36,40H,6,9-10,16,21,23-24H2,1-4H3,(H,37,41)(H,38,42)/t25-,26-,33+,35+,36+/m0/s1. The lowest BCUT2D eigenvalue weighted by Crippen LogP contribution is -2.44. The van der Waals surface area contributed by atoms with Gasteiger partial charge >= 0.3 is 0 Å². The van der Waals surface area contributed by atoms with E-state index >= 15 is 0 Å². The Morgan fingerprint density at radius 3 is 2.39 bits per heavy atom. The summed E-state index contributed by atoms with van der Waals surface area (Å²) in [7, 11) is 2.12. The number of likely N-dealkylation sites (N-methyl/N-ethyl adjacent to an activating group) is 1. The fraction of sp³-hybridized carbons (Fsp3) is 0.444. The van der Waals surface area contributed by atoms with E-state index in [0.29, 0.717) is 25.2 Å². The van der Waals surface area contributed by atoms with Crippen LogP contribution in [0.5, 0.6) is 0 Å². The van der Waals surface area contributed by atoms with Crippen LogP contribution < -0.4 is 10.6 Å². The molecule has 8 nitrogen and oxygen atoms in total. The third-order valence-corrected chi connectivity index (χ3v) is 8.43. The van der Waals surface area contributed by atoms with Crippen LogP contribution in [0.25, 0.3) is 0 Å². The number of carbonyl (C=O) groups is 2. The van der Waals surface area contributed by atoms with Gasteiger partial charge in [0.15, 0.2) is 6.29 Å². The number of benzene rings is 3. The average molecular weight is 602 g/mol. The molecule has 0 saturated carbocycles. The smallest absolute Gasteiger partial charge is 0.224 e. The van der Waals surface area contributed by atoms with Crippen molar-refractivity contribution < 1.29 is 24.2 Å². The summed E-state index contributed by atoms with van der Waals surface area (Å²) in [5.74, 6) is -0.0174. The molecule has 1 saturated heterocycles. The maximum Gasteiger partial charge on any atom is 0.224 e. The van der Waals surface area contributed by atoms with Crippen molar-refractivity contribution in [2.24, 2.45) is 5.92 Å². The van der Waals surface area contributed by atoms with Gasteiger partial charge in [0.2, 0.25) is 11.8 Å². The van der Waals surface area contributed by atoms with Gasteiger partial charge in [-0.2, -0.15) is 0 Å². The van der Waals surface area contributed by atoms with E-state index in [0.717, 1.165) is 36.0 Å². The van der Waals surface area contributed by atoms with E-state index in [-0.39, 0.29) is 42.6 Å². The van der Waals surface area contributed by atoms with Crippen LogP contribution in [-0.4, -0.2) is 48.1 Å². The van der Waals surface area contributed by atoms with Crippen LogP contribution in [0.15, 0.2) is 78.9 Å². The Morgan fingerprint density at radius 1 is 0.932 bits per heavy atom. The summed E-state index contributed by atoms with van der Waals surface area (Å²) < 4.78 is 13.3. The molecule has 0 radical (unpaired) electrons. The maximum absolute atomic E-state index is 12.7. The average Bonchev–Trinajstić information content (AvgIpc) is 3.03. The molecule has 1 heterocycles. The SMILES string of the molecule is CC(=O)NCCCCCC(=O)Nc1cccc([C@@H]2O[C@H](CN(C)[C@@H](C)c3ccccc3)[C@H](C)[C@H](c3ccc(CO)cc3)O2)c1. The highest BCUT2D eigenvalue weighted by atomic mass is 16.7. The number of rotatable bonds is 14. The minimum Gasteiger partial charge on any atom is -0.392 e. The molecule has 1 aliphatic heterocycles. The van der Waals surface area contributed by atoms with Gasteiger partial charge in [0.1, 0.15) is 0 Å². The lowest BCUT2D eigenvalue weighted by atomic mass is 9.89. The van der Waals surface area contributed by atoms with E-state index in [2.05, 4.69) is 60.7 Å². The van der Waals surface area contributed by atoms with Gasteiger partial charge < -0.3 is 25.2 Å². The van der Waals surface area contributed by atoms with Crippen LogP contribution in [0.3, 0.4) is 0 Å². The quantitative estimate of drug-likeness (QED) is 0.188. The molecule has 0 aromatic heterocycles. The molecule has 3 aromatic carbocycles. The van der Waals surface area contributed by atoms with E-state index < -0.39 is 6.29 Å². The highest BCUT2D eigenvalue weighted by Crippen LogP contribution is 2.42.